The molecule has 326 valence electrons. The molecule has 2 atom stereocenters. The van der Waals surface area contributed by atoms with Crippen molar-refractivity contribution < 1.29 is 52.2 Å². The van der Waals surface area contributed by atoms with Crippen LogP contribution in [-0.2, 0) is 37.6 Å². The number of esters is 2. The zero-order chi connectivity index (χ0) is 41.6. The van der Waals surface area contributed by atoms with Gasteiger partial charge in [0.25, 0.3) is 0 Å². The highest BCUT2D eigenvalue weighted by Crippen LogP contribution is 2.43. The van der Waals surface area contributed by atoms with Gasteiger partial charge < -0.3 is 23.7 Å². The van der Waals surface area contributed by atoms with Crippen LogP contribution in [0, 0.1) is 0 Å². The normalized spacial score (nSPS) is 14.2. The van der Waals surface area contributed by atoms with E-state index in [-0.39, 0.29) is 26.1 Å². The lowest BCUT2D eigenvalue weighted by molar-refractivity contribution is -0.870. The monoisotopic (exact) mass is 815 g/mol. The van der Waals surface area contributed by atoms with Gasteiger partial charge >= 0.3 is 19.8 Å². The summed E-state index contributed by atoms with van der Waals surface area (Å²) in [6.07, 6.45) is 36.9. The summed E-state index contributed by atoms with van der Waals surface area (Å²) >= 11 is 0. The van der Waals surface area contributed by atoms with Crippen molar-refractivity contribution in [2.45, 2.75) is 174 Å². The summed E-state index contributed by atoms with van der Waals surface area (Å²) in [6, 6.07) is 0. The summed E-state index contributed by atoms with van der Waals surface area (Å²) in [6.45, 7) is 4.18. The fourth-order valence-electron chi connectivity index (χ4n) is 5.60. The number of likely N-dealkylation sites (N-methyl/N-ethyl adjacent to an activating group) is 1. The molecule has 0 aromatic heterocycles. The van der Waals surface area contributed by atoms with Gasteiger partial charge in [-0.2, -0.15) is 0 Å². The summed E-state index contributed by atoms with van der Waals surface area (Å²) in [7, 11) is 1.40. The molecule has 0 aliphatic heterocycles. The van der Waals surface area contributed by atoms with E-state index in [0.29, 0.717) is 36.0 Å². The molecule has 1 unspecified atom stereocenters. The number of carbonyl (C=O) groups excluding carboxylic acids is 2. The number of ether oxygens (including phenoxy) is 2. The predicted molar refractivity (Wildman–Crippen MR) is 227 cm³/mol. The lowest BCUT2D eigenvalue weighted by Gasteiger charge is -2.24. The molecular formula is C44H81NO10P+. The Labute approximate surface area is 341 Å². The van der Waals surface area contributed by atoms with E-state index < -0.39 is 32.5 Å². The van der Waals surface area contributed by atoms with Crippen LogP contribution in [0.15, 0.2) is 48.3 Å². The van der Waals surface area contributed by atoms with Crippen molar-refractivity contribution in [3.8, 4) is 0 Å². The van der Waals surface area contributed by atoms with Gasteiger partial charge in [-0.15, -0.1) is 0 Å². The highest BCUT2D eigenvalue weighted by Gasteiger charge is 2.27. The first-order chi connectivity index (χ1) is 26.9. The SMILES string of the molecule is CCCCCCCCCCCCCCCC(=O)OC[C@H](COP(=O)(O)OCC[N+](C)(C)C)OC(=O)CCC/C=C\C/C=C\C/C=C\C/C=C(/CCCCC)OO. The molecule has 0 spiro atoms. The van der Waals surface area contributed by atoms with Crippen molar-refractivity contribution in [3.05, 3.63) is 48.3 Å². The fourth-order valence-corrected chi connectivity index (χ4v) is 6.35. The quantitative estimate of drug-likeness (QED) is 0.00901. The number of phosphoric acid groups is 1. The van der Waals surface area contributed by atoms with Crippen LogP contribution in [0.2, 0.25) is 0 Å². The Morgan fingerprint density at radius 1 is 0.625 bits per heavy atom. The van der Waals surface area contributed by atoms with Crippen molar-refractivity contribution in [2.75, 3.05) is 47.5 Å². The van der Waals surface area contributed by atoms with E-state index >= 15 is 0 Å². The first-order valence-electron chi connectivity index (χ1n) is 21.6. The summed E-state index contributed by atoms with van der Waals surface area (Å²) in [5.74, 6) is -0.279. The Morgan fingerprint density at radius 3 is 1.70 bits per heavy atom. The summed E-state index contributed by atoms with van der Waals surface area (Å²) in [5, 5.41) is 8.98. The Balaban J connectivity index is 4.55. The molecule has 11 nitrogen and oxygen atoms in total. The zero-order valence-electron chi connectivity index (χ0n) is 36.0. The number of allylic oxidation sites excluding steroid dienone is 8. The number of unbranched alkanes of at least 4 members (excludes halogenated alkanes) is 15. The van der Waals surface area contributed by atoms with E-state index in [1.165, 1.54) is 64.2 Å². The topological polar surface area (TPSA) is 138 Å². The third kappa shape index (κ3) is 38.6. The number of hydrogen-bond acceptors (Lipinski definition) is 9. The van der Waals surface area contributed by atoms with Gasteiger partial charge in [-0.1, -0.05) is 140 Å². The highest BCUT2D eigenvalue weighted by atomic mass is 31.2. The molecule has 2 N–H and O–H groups in total. The summed E-state index contributed by atoms with van der Waals surface area (Å²) < 4.78 is 34.2. The van der Waals surface area contributed by atoms with E-state index in [4.69, 9.17) is 23.8 Å². The molecule has 0 aromatic carbocycles. The third-order valence-corrected chi connectivity index (χ3v) is 10.1. The molecule has 0 saturated heterocycles. The van der Waals surface area contributed by atoms with Gasteiger partial charge in [0.05, 0.1) is 27.7 Å². The second kappa shape index (κ2) is 37.0. The molecule has 0 amide bonds. The fraction of sp³-hybridized carbons (Fsp3) is 0.773. The van der Waals surface area contributed by atoms with Crippen LogP contribution in [-0.4, -0.2) is 80.2 Å². The molecule has 0 bridgehead atoms. The molecule has 0 heterocycles. The van der Waals surface area contributed by atoms with Gasteiger partial charge in [0.1, 0.15) is 25.5 Å². The maximum atomic E-state index is 12.7. The van der Waals surface area contributed by atoms with Crippen LogP contribution >= 0.6 is 7.82 Å². The van der Waals surface area contributed by atoms with Crippen LogP contribution in [0.3, 0.4) is 0 Å². The number of nitrogens with zero attached hydrogens (tertiary/aromatic N) is 1. The van der Waals surface area contributed by atoms with Crippen LogP contribution in [0.4, 0.5) is 0 Å². The minimum Gasteiger partial charge on any atom is -0.462 e. The van der Waals surface area contributed by atoms with Crippen molar-refractivity contribution in [1.82, 2.24) is 0 Å². The lowest BCUT2D eigenvalue weighted by Crippen LogP contribution is -2.37. The van der Waals surface area contributed by atoms with E-state index in [1.807, 2.05) is 45.4 Å². The van der Waals surface area contributed by atoms with Crippen LogP contribution in [0.5, 0.6) is 0 Å². The minimum absolute atomic E-state index is 0.0103. The zero-order valence-corrected chi connectivity index (χ0v) is 36.9. The van der Waals surface area contributed by atoms with Crippen LogP contribution < -0.4 is 0 Å². The van der Waals surface area contributed by atoms with Gasteiger partial charge in [0, 0.05) is 19.3 Å². The predicted octanol–water partition coefficient (Wildman–Crippen LogP) is 11.7. The van der Waals surface area contributed by atoms with E-state index in [0.717, 1.165) is 57.8 Å². The Kier molecular flexibility index (Phi) is 35.5. The van der Waals surface area contributed by atoms with Crippen LogP contribution in [0.25, 0.3) is 0 Å². The number of phosphoric ester groups is 1. The molecule has 0 aliphatic rings. The van der Waals surface area contributed by atoms with Gasteiger partial charge in [-0.05, 0) is 51.0 Å². The number of carbonyl (C=O) groups is 2. The molecule has 12 heteroatoms. The van der Waals surface area contributed by atoms with Gasteiger partial charge in [-0.3, -0.25) is 18.6 Å². The van der Waals surface area contributed by atoms with Crippen molar-refractivity contribution >= 4 is 19.8 Å². The van der Waals surface area contributed by atoms with Gasteiger partial charge in [0.15, 0.2) is 6.10 Å². The highest BCUT2D eigenvalue weighted by molar-refractivity contribution is 7.47. The Bertz CT molecular complexity index is 1130. The summed E-state index contributed by atoms with van der Waals surface area (Å²) in [5.41, 5.74) is 0. The number of quaternary nitrogens is 1. The second-order valence-electron chi connectivity index (χ2n) is 15.6. The second-order valence-corrected chi connectivity index (χ2v) is 17.1. The van der Waals surface area contributed by atoms with E-state index in [2.05, 4.69) is 37.0 Å². The Hall–Kier alpha value is -2.27. The first kappa shape index (κ1) is 53.7. The average molecular weight is 815 g/mol. The molecule has 0 aromatic rings. The summed E-state index contributed by atoms with van der Waals surface area (Å²) in [4.78, 5) is 39.8. The van der Waals surface area contributed by atoms with Crippen molar-refractivity contribution in [1.29, 1.82) is 0 Å². The molecule has 0 aliphatic carbocycles. The average Bonchev–Trinajstić information content (AvgIpc) is 3.15. The van der Waals surface area contributed by atoms with Gasteiger partial charge in [-0.25, -0.2) is 9.82 Å². The molecule has 56 heavy (non-hydrogen) atoms. The van der Waals surface area contributed by atoms with Crippen LogP contribution in [0.1, 0.15) is 168 Å². The van der Waals surface area contributed by atoms with Gasteiger partial charge in [0.2, 0.25) is 0 Å². The van der Waals surface area contributed by atoms with Crippen molar-refractivity contribution in [3.63, 3.8) is 0 Å². The molecule has 0 radical (unpaired) electrons. The smallest absolute Gasteiger partial charge is 0.462 e. The first-order valence-corrected chi connectivity index (χ1v) is 23.1. The standard InChI is InChI=1S/C44H80NO10P/c1-6-8-10-11-12-13-14-15-18-21-24-27-31-35-43(46)51-39-42(40-53-56(49,50)52-38-37-45(3,4)5)54-44(47)36-32-28-25-22-19-16-17-20-23-26-30-34-41(55-48)33-29-9-7-2/h16-17,22-23,25-26,34,42H,6-15,18-21,24,27-33,35-40H2,1-5H3,(H-,48,49,50)/p+1/b17-16-,25-22-,26-23-,41-34-/t42-/m1/s1. The van der Waals surface area contributed by atoms with E-state index in [1.54, 1.807) is 0 Å². The largest absolute Gasteiger partial charge is 0.472 e. The minimum atomic E-state index is -4.40. The maximum absolute atomic E-state index is 12.7. The van der Waals surface area contributed by atoms with Crippen molar-refractivity contribution in [2.24, 2.45) is 0 Å². The van der Waals surface area contributed by atoms with E-state index in [9.17, 15) is 19.0 Å². The maximum Gasteiger partial charge on any atom is 0.472 e. The lowest BCUT2D eigenvalue weighted by atomic mass is 10.0. The molecule has 0 rings (SSSR count). The molecule has 0 saturated carbocycles. The third-order valence-electron chi connectivity index (χ3n) is 9.07. The molecule has 0 fully saturated rings. The molecular weight excluding hydrogens is 733 g/mol. The number of rotatable bonds is 39. The Morgan fingerprint density at radius 2 is 1.12 bits per heavy atom. The number of hydrogen-bond donors (Lipinski definition) is 2.